The molecular formula is C19H16Cl2N4O3S2. The largest absolute Gasteiger partial charge is 0.320 e. The molecule has 0 aliphatic carbocycles. The molecule has 1 saturated heterocycles. The molecule has 1 fully saturated rings. The van der Waals surface area contributed by atoms with Gasteiger partial charge in [-0.05, 0) is 55.3 Å². The van der Waals surface area contributed by atoms with Crippen LogP contribution >= 0.6 is 34.5 Å². The zero-order valence-electron chi connectivity index (χ0n) is 15.5. The van der Waals surface area contributed by atoms with Crippen LogP contribution < -0.4 is 5.32 Å². The van der Waals surface area contributed by atoms with Gasteiger partial charge in [-0.2, -0.15) is 4.31 Å². The molecule has 0 saturated carbocycles. The summed E-state index contributed by atoms with van der Waals surface area (Å²) in [5.74, 6) is -0.425. The summed E-state index contributed by atoms with van der Waals surface area (Å²) >= 11 is 12.9. The van der Waals surface area contributed by atoms with Gasteiger partial charge in [0.2, 0.25) is 15.0 Å². The molecule has 1 aliphatic heterocycles. The Morgan fingerprint density at radius 3 is 2.60 bits per heavy atom. The zero-order chi connectivity index (χ0) is 21.3. The van der Waals surface area contributed by atoms with E-state index in [0.717, 1.165) is 11.3 Å². The number of carbonyl (C=O) groups is 1. The van der Waals surface area contributed by atoms with E-state index in [2.05, 4.69) is 15.5 Å². The Bertz CT molecular complexity index is 1180. The van der Waals surface area contributed by atoms with Gasteiger partial charge in [0.15, 0.2) is 0 Å². The second-order valence-corrected chi connectivity index (χ2v) is 10.4. The number of hydrogen-bond acceptors (Lipinski definition) is 6. The normalized spacial score (nSPS) is 17.2. The molecule has 0 radical (unpaired) electrons. The first-order valence-corrected chi connectivity index (χ1v) is 12.0. The molecule has 156 valence electrons. The Balaban J connectivity index is 1.54. The van der Waals surface area contributed by atoms with Crippen molar-refractivity contribution in [1.29, 1.82) is 0 Å². The number of amides is 1. The Morgan fingerprint density at radius 1 is 1.10 bits per heavy atom. The first-order valence-electron chi connectivity index (χ1n) is 9.02. The first-order chi connectivity index (χ1) is 14.3. The molecular weight excluding hydrogens is 467 g/mol. The van der Waals surface area contributed by atoms with Gasteiger partial charge in [-0.25, -0.2) is 8.42 Å². The third kappa shape index (κ3) is 4.35. The van der Waals surface area contributed by atoms with Crippen LogP contribution in [0.15, 0.2) is 53.4 Å². The Labute approximate surface area is 187 Å². The molecule has 0 unspecified atom stereocenters. The maximum absolute atomic E-state index is 13.1. The molecule has 0 spiro atoms. The van der Waals surface area contributed by atoms with Crippen molar-refractivity contribution in [3.05, 3.63) is 68.6 Å². The predicted octanol–water partition coefficient (Wildman–Crippen LogP) is 4.62. The van der Waals surface area contributed by atoms with E-state index < -0.39 is 22.0 Å². The van der Waals surface area contributed by atoms with Gasteiger partial charge in [0.05, 0.1) is 10.9 Å². The highest BCUT2D eigenvalue weighted by molar-refractivity contribution is 7.89. The maximum Gasteiger partial charge on any atom is 0.286 e. The third-order valence-electron chi connectivity index (χ3n) is 4.63. The van der Waals surface area contributed by atoms with Crippen LogP contribution in [0.25, 0.3) is 0 Å². The maximum atomic E-state index is 13.1. The summed E-state index contributed by atoms with van der Waals surface area (Å²) < 4.78 is 27.6. The van der Waals surface area contributed by atoms with Gasteiger partial charge in [0.1, 0.15) is 5.01 Å². The minimum Gasteiger partial charge on any atom is -0.320 e. The summed E-state index contributed by atoms with van der Waals surface area (Å²) in [5.41, 5.74) is 0.539. The number of nitrogens with zero attached hydrogens (tertiary/aromatic N) is 3. The Kier molecular flexibility index (Phi) is 6.08. The molecule has 2 aromatic carbocycles. The van der Waals surface area contributed by atoms with Crippen LogP contribution in [0.5, 0.6) is 0 Å². The summed E-state index contributed by atoms with van der Waals surface area (Å²) in [6, 6.07) is 12.4. The van der Waals surface area contributed by atoms with Crippen LogP contribution in [0.2, 0.25) is 10.0 Å². The lowest BCUT2D eigenvalue weighted by Gasteiger charge is -2.22. The van der Waals surface area contributed by atoms with Gasteiger partial charge >= 0.3 is 0 Å². The van der Waals surface area contributed by atoms with Crippen molar-refractivity contribution in [3.63, 3.8) is 0 Å². The van der Waals surface area contributed by atoms with Gasteiger partial charge in [-0.3, -0.25) is 4.79 Å². The summed E-state index contributed by atoms with van der Waals surface area (Å²) in [4.78, 5) is 12.7. The fraction of sp³-hybridized carbons (Fsp3) is 0.211. The van der Waals surface area contributed by atoms with E-state index in [9.17, 15) is 13.2 Å². The lowest BCUT2D eigenvalue weighted by atomic mass is 10.2. The molecule has 2 heterocycles. The van der Waals surface area contributed by atoms with Gasteiger partial charge in [-0.15, -0.1) is 10.2 Å². The second kappa shape index (κ2) is 8.60. The van der Waals surface area contributed by atoms with Crippen LogP contribution in [-0.4, -0.2) is 35.4 Å². The van der Waals surface area contributed by atoms with Crippen LogP contribution in [-0.2, 0) is 10.0 Å². The van der Waals surface area contributed by atoms with Gasteiger partial charge in [-0.1, -0.05) is 40.6 Å². The highest BCUT2D eigenvalue weighted by Crippen LogP contribution is 2.38. The van der Waals surface area contributed by atoms with E-state index in [-0.39, 0.29) is 9.90 Å². The smallest absolute Gasteiger partial charge is 0.286 e. The van der Waals surface area contributed by atoms with E-state index in [4.69, 9.17) is 23.2 Å². The van der Waals surface area contributed by atoms with E-state index in [1.807, 2.05) is 0 Å². The van der Waals surface area contributed by atoms with Gasteiger partial charge in [0.25, 0.3) is 5.91 Å². The Hall–Kier alpha value is -2.04. The molecule has 1 amide bonds. The molecule has 1 N–H and O–H groups in total. The highest BCUT2D eigenvalue weighted by Gasteiger charge is 2.38. The molecule has 3 aromatic rings. The quantitative estimate of drug-likeness (QED) is 0.572. The monoisotopic (exact) mass is 482 g/mol. The number of sulfonamides is 1. The SMILES string of the molecule is O=C(Nc1cccc(Cl)c1)c1nnc([C@H]2CCCN2S(=O)(=O)c2ccc(Cl)cc2)s1. The molecule has 30 heavy (non-hydrogen) atoms. The first kappa shape index (κ1) is 21.2. The van der Waals surface area contributed by atoms with Crippen LogP contribution in [0.3, 0.4) is 0 Å². The number of aromatic nitrogens is 2. The number of nitrogens with one attached hydrogen (secondary N) is 1. The van der Waals surface area contributed by atoms with E-state index in [1.165, 1.54) is 16.4 Å². The van der Waals surface area contributed by atoms with E-state index >= 15 is 0 Å². The number of halogens is 2. The zero-order valence-corrected chi connectivity index (χ0v) is 18.6. The van der Waals surface area contributed by atoms with Crippen LogP contribution in [0.4, 0.5) is 5.69 Å². The van der Waals surface area contributed by atoms with Gasteiger partial charge in [0, 0.05) is 22.3 Å². The summed E-state index contributed by atoms with van der Waals surface area (Å²) in [6.45, 7) is 0.374. The lowest BCUT2D eigenvalue weighted by molar-refractivity contribution is 0.102. The number of rotatable bonds is 5. The van der Waals surface area contributed by atoms with E-state index in [0.29, 0.717) is 40.1 Å². The molecule has 4 rings (SSSR count). The van der Waals surface area contributed by atoms with Crippen molar-refractivity contribution in [1.82, 2.24) is 14.5 Å². The minimum atomic E-state index is -3.72. The number of carbonyl (C=O) groups excluding carboxylic acids is 1. The molecule has 1 aromatic heterocycles. The third-order valence-corrected chi connectivity index (χ3v) is 8.06. The van der Waals surface area contributed by atoms with Crippen molar-refractivity contribution in [2.24, 2.45) is 0 Å². The fourth-order valence-electron chi connectivity index (χ4n) is 3.23. The molecule has 11 heteroatoms. The minimum absolute atomic E-state index is 0.153. The Morgan fingerprint density at radius 2 is 1.87 bits per heavy atom. The average molecular weight is 483 g/mol. The number of hydrogen-bond donors (Lipinski definition) is 1. The fourth-order valence-corrected chi connectivity index (χ4v) is 6.16. The van der Waals surface area contributed by atoms with Crippen molar-refractivity contribution in [2.75, 3.05) is 11.9 Å². The second-order valence-electron chi connectivity index (χ2n) is 6.64. The standard InChI is InChI=1S/C19H16Cl2N4O3S2/c20-12-6-8-15(9-7-12)30(27,28)25-10-2-5-16(25)18-23-24-19(29-18)17(26)22-14-4-1-3-13(21)11-14/h1,3-4,6-9,11,16H,2,5,10H2,(H,22,26)/t16-/m1/s1. The number of anilines is 1. The molecule has 1 aliphatic rings. The van der Waals surface area contributed by atoms with Crippen molar-refractivity contribution in [3.8, 4) is 0 Å². The lowest BCUT2D eigenvalue weighted by Crippen LogP contribution is -2.30. The summed E-state index contributed by atoms with van der Waals surface area (Å²) in [6.07, 6.45) is 1.30. The topological polar surface area (TPSA) is 92.3 Å². The van der Waals surface area contributed by atoms with Crippen LogP contribution in [0.1, 0.15) is 33.7 Å². The average Bonchev–Trinajstić information content (AvgIpc) is 3.38. The van der Waals surface area contributed by atoms with E-state index in [1.54, 1.807) is 36.4 Å². The van der Waals surface area contributed by atoms with Crippen molar-refractivity contribution < 1.29 is 13.2 Å². The van der Waals surface area contributed by atoms with Crippen molar-refractivity contribution >= 4 is 56.2 Å². The summed E-state index contributed by atoms with van der Waals surface area (Å²) in [7, 11) is -3.72. The predicted molar refractivity (Wildman–Crippen MR) is 117 cm³/mol. The number of benzene rings is 2. The van der Waals surface area contributed by atoms with Gasteiger partial charge < -0.3 is 5.32 Å². The highest BCUT2D eigenvalue weighted by atomic mass is 35.5. The molecule has 0 bridgehead atoms. The molecule has 7 nitrogen and oxygen atoms in total. The van der Waals surface area contributed by atoms with Crippen LogP contribution in [0, 0.1) is 0 Å². The summed E-state index contributed by atoms with van der Waals surface area (Å²) in [5, 5.41) is 12.4. The molecule has 1 atom stereocenters. The van der Waals surface area contributed by atoms with Crippen molar-refractivity contribution in [2.45, 2.75) is 23.8 Å².